The van der Waals surface area contributed by atoms with Crippen LogP contribution in [0.2, 0.25) is 0 Å². The zero-order valence-corrected chi connectivity index (χ0v) is 10.6. The molecule has 0 aromatic carbocycles. The fourth-order valence-corrected chi connectivity index (χ4v) is 2.62. The lowest BCUT2D eigenvalue weighted by molar-refractivity contribution is -0.146. The number of aliphatic carboxylic acids is 1. The molecular weight excluding hydrogens is 228 g/mol. The summed E-state index contributed by atoms with van der Waals surface area (Å²) in [5.74, 6) is -0.697. The number of nitrogens with one attached hydrogen (secondary N) is 1. The van der Waals surface area contributed by atoms with Crippen molar-refractivity contribution in [3.8, 4) is 0 Å². The van der Waals surface area contributed by atoms with Crippen molar-refractivity contribution in [2.45, 2.75) is 44.1 Å². The van der Waals surface area contributed by atoms with Gasteiger partial charge in [-0.15, -0.1) is 0 Å². The van der Waals surface area contributed by atoms with Crippen LogP contribution < -0.4 is 5.32 Å². The van der Waals surface area contributed by atoms with Gasteiger partial charge in [0.15, 0.2) is 0 Å². The Hall–Kier alpha value is -1.42. The first-order valence-corrected chi connectivity index (χ1v) is 6.60. The van der Waals surface area contributed by atoms with Crippen LogP contribution in [0.25, 0.3) is 0 Å². The highest BCUT2D eigenvalue weighted by molar-refractivity contribution is 5.78. The summed E-state index contributed by atoms with van der Waals surface area (Å²) in [6.45, 7) is 0.705. The van der Waals surface area contributed by atoms with Gasteiger partial charge in [0.2, 0.25) is 0 Å². The van der Waals surface area contributed by atoms with E-state index in [-0.39, 0.29) is 0 Å². The number of nitrogens with zero attached hydrogens (tertiary/aromatic N) is 1. The molecule has 0 radical (unpaired) electrons. The number of hydrogen-bond acceptors (Lipinski definition) is 3. The second-order valence-corrected chi connectivity index (χ2v) is 4.98. The van der Waals surface area contributed by atoms with Gasteiger partial charge in [0.25, 0.3) is 0 Å². The number of carbonyl (C=O) groups is 1. The van der Waals surface area contributed by atoms with E-state index in [1.807, 2.05) is 12.1 Å². The van der Waals surface area contributed by atoms with E-state index in [4.69, 9.17) is 0 Å². The highest BCUT2D eigenvalue weighted by Gasteiger charge is 2.38. The van der Waals surface area contributed by atoms with Crippen molar-refractivity contribution in [3.63, 3.8) is 0 Å². The molecule has 1 saturated carbocycles. The molecule has 0 aliphatic heterocycles. The molecule has 0 amide bonds. The zero-order chi connectivity index (χ0) is 12.8. The number of rotatable bonds is 5. The number of carboxylic acid groups (broad SMARTS) is 1. The molecule has 1 fully saturated rings. The van der Waals surface area contributed by atoms with Gasteiger partial charge in [0.1, 0.15) is 5.54 Å². The third kappa shape index (κ3) is 3.07. The molecule has 2 rings (SSSR count). The number of aromatic nitrogens is 1. The second-order valence-electron chi connectivity index (χ2n) is 4.98. The average Bonchev–Trinajstić information content (AvgIpc) is 2.41. The number of hydrogen-bond donors (Lipinski definition) is 2. The molecular formula is C14H20N2O2. The molecule has 0 saturated heterocycles. The smallest absolute Gasteiger partial charge is 0.323 e. The fourth-order valence-electron chi connectivity index (χ4n) is 2.62. The molecule has 0 atom stereocenters. The summed E-state index contributed by atoms with van der Waals surface area (Å²) in [5, 5.41) is 12.7. The zero-order valence-electron chi connectivity index (χ0n) is 10.6. The van der Waals surface area contributed by atoms with E-state index in [2.05, 4.69) is 10.3 Å². The lowest BCUT2D eigenvalue weighted by Crippen LogP contribution is -2.53. The van der Waals surface area contributed by atoms with Gasteiger partial charge in [-0.2, -0.15) is 0 Å². The highest BCUT2D eigenvalue weighted by Crippen LogP contribution is 2.28. The topological polar surface area (TPSA) is 62.2 Å². The van der Waals surface area contributed by atoms with Crippen molar-refractivity contribution in [2.75, 3.05) is 6.54 Å². The molecule has 1 aliphatic rings. The van der Waals surface area contributed by atoms with Gasteiger partial charge < -0.3 is 10.4 Å². The first-order valence-electron chi connectivity index (χ1n) is 6.60. The van der Waals surface area contributed by atoms with E-state index in [1.165, 1.54) is 5.56 Å². The van der Waals surface area contributed by atoms with Crippen LogP contribution in [0.15, 0.2) is 24.5 Å². The molecule has 1 aromatic rings. The van der Waals surface area contributed by atoms with Crippen molar-refractivity contribution in [3.05, 3.63) is 30.1 Å². The summed E-state index contributed by atoms with van der Waals surface area (Å²) in [6.07, 6.45) is 9.05. The summed E-state index contributed by atoms with van der Waals surface area (Å²) >= 11 is 0. The van der Waals surface area contributed by atoms with Crippen LogP contribution >= 0.6 is 0 Å². The van der Waals surface area contributed by atoms with Gasteiger partial charge >= 0.3 is 5.97 Å². The van der Waals surface area contributed by atoms with Crippen LogP contribution in [0.3, 0.4) is 0 Å². The normalized spacial score (nSPS) is 18.4. The Bertz CT molecular complexity index is 386. The monoisotopic (exact) mass is 248 g/mol. The van der Waals surface area contributed by atoms with Crippen molar-refractivity contribution < 1.29 is 9.90 Å². The Balaban J connectivity index is 1.88. The molecule has 0 spiro atoms. The number of pyridine rings is 1. The average molecular weight is 248 g/mol. The third-order valence-electron chi connectivity index (χ3n) is 3.74. The molecule has 0 unspecified atom stereocenters. The van der Waals surface area contributed by atoms with Gasteiger partial charge in [0, 0.05) is 18.9 Å². The largest absolute Gasteiger partial charge is 0.480 e. The molecule has 98 valence electrons. The first kappa shape index (κ1) is 13.0. The van der Waals surface area contributed by atoms with Gasteiger partial charge in [-0.3, -0.25) is 9.78 Å². The summed E-state index contributed by atoms with van der Waals surface area (Å²) < 4.78 is 0. The maximum Gasteiger partial charge on any atom is 0.323 e. The molecule has 1 heterocycles. The molecule has 1 aliphatic carbocycles. The van der Waals surface area contributed by atoms with E-state index >= 15 is 0 Å². The van der Waals surface area contributed by atoms with Crippen molar-refractivity contribution in [1.29, 1.82) is 0 Å². The molecule has 1 aromatic heterocycles. The molecule has 2 N–H and O–H groups in total. The third-order valence-corrected chi connectivity index (χ3v) is 3.74. The quantitative estimate of drug-likeness (QED) is 0.836. The minimum absolute atomic E-state index is 0.689. The Morgan fingerprint density at radius 3 is 2.56 bits per heavy atom. The highest BCUT2D eigenvalue weighted by atomic mass is 16.4. The Morgan fingerprint density at radius 1 is 1.28 bits per heavy atom. The molecule has 18 heavy (non-hydrogen) atoms. The van der Waals surface area contributed by atoms with Crippen LogP contribution in [0.4, 0.5) is 0 Å². The summed E-state index contributed by atoms with van der Waals surface area (Å²) in [4.78, 5) is 15.4. The van der Waals surface area contributed by atoms with Crippen LogP contribution in [0.1, 0.15) is 37.7 Å². The van der Waals surface area contributed by atoms with Crippen LogP contribution in [-0.2, 0) is 11.2 Å². The van der Waals surface area contributed by atoms with Crippen molar-refractivity contribution >= 4 is 5.97 Å². The first-order chi connectivity index (χ1) is 8.73. The van der Waals surface area contributed by atoms with Crippen molar-refractivity contribution in [2.24, 2.45) is 0 Å². The second kappa shape index (κ2) is 5.96. The Labute approximate surface area is 107 Å². The van der Waals surface area contributed by atoms with E-state index in [0.29, 0.717) is 6.54 Å². The van der Waals surface area contributed by atoms with E-state index in [1.54, 1.807) is 12.4 Å². The van der Waals surface area contributed by atoms with Crippen LogP contribution in [0, 0.1) is 0 Å². The van der Waals surface area contributed by atoms with Crippen LogP contribution in [0.5, 0.6) is 0 Å². The maximum absolute atomic E-state index is 11.4. The minimum atomic E-state index is -0.697. The standard InChI is InChI=1S/C14H20N2O2/c17-13(18)14(7-2-1-3-8-14)16-11-6-12-4-9-15-10-5-12/h4-5,9-10,16H,1-3,6-8,11H2,(H,17,18). The summed E-state index contributed by atoms with van der Waals surface area (Å²) in [6, 6.07) is 3.94. The molecule has 4 nitrogen and oxygen atoms in total. The Kier molecular flexibility index (Phi) is 4.31. The summed E-state index contributed by atoms with van der Waals surface area (Å²) in [7, 11) is 0. The summed E-state index contributed by atoms with van der Waals surface area (Å²) in [5.41, 5.74) is 0.500. The van der Waals surface area contributed by atoms with E-state index < -0.39 is 11.5 Å². The Morgan fingerprint density at radius 2 is 1.94 bits per heavy atom. The van der Waals surface area contributed by atoms with Crippen molar-refractivity contribution in [1.82, 2.24) is 10.3 Å². The lowest BCUT2D eigenvalue weighted by atomic mass is 9.81. The van der Waals surface area contributed by atoms with Gasteiger partial charge in [-0.1, -0.05) is 19.3 Å². The predicted octanol–water partition coefficient (Wildman–Crippen LogP) is 2.00. The van der Waals surface area contributed by atoms with Gasteiger partial charge in [-0.25, -0.2) is 0 Å². The van der Waals surface area contributed by atoms with Gasteiger partial charge in [-0.05, 0) is 37.0 Å². The minimum Gasteiger partial charge on any atom is -0.480 e. The van der Waals surface area contributed by atoms with E-state index in [0.717, 1.165) is 38.5 Å². The fraction of sp³-hybridized carbons (Fsp3) is 0.571. The van der Waals surface area contributed by atoms with E-state index in [9.17, 15) is 9.90 Å². The lowest BCUT2D eigenvalue weighted by Gasteiger charge is -2.34. The SMILES string of the molecule is O=C(O)C1(NCCc2ccncc2)CCCCC1. The number of carboxylic acids is 1. The molecule has 4 heteroatoms. The van der Waals surface area contributed by atoms with Gasteiger partial charge in [0.05, 0.1) is 0 Å². The predicted molar refractivity (Wildman–Crippen MR) is 69.4 cm³/mol. The maximum atomic E-state index is 11.4. The molecule has 0 bridgehead atoms. The van der Waals surface area contributed by atoms with Crippen LogP contribution in [-0.4, -0.2) is 28.1 Å².